The maximum atomic E-state index is 13.0. The molecule has 0 aromatic carbocycles. The van der Waals surface area contributed by atoms with Gasteiger partial charge in [-0.3, -0.25) is 14.5 Å². The van der Waals surface area contributed by atoms with Gasteiger partial charge in [0.25, 0.3) is 5.91 Å². The summed E-state index contributed by atoms with van der Waals surface area (Å²) in [5.74, 6) is 3.11. The Morgan fingerprint density at radius 3 is 2.25 bits per heavy atom. The van der Waals surface area contributed by atoms with Gasteiger partial charge in [-0.2, -0.15) is 0 Å². The lowest BCUT2D eigenvalue weighted by Gasteiger charge is -2.55. The summed E-state index contributed by atoms with van der Waals surface area (Å²) in [6.07, 6.45) is 9.01. The van der Waals surface area contributed by atoms with Gasteiger partial charge in [0.2, 0.25) is 5.91 Å². The number of carbonyl (C=O) groups is 2. The molecule has 4 aliphatic carbocycles. The van der Waals surface area contributed by atoms with E-state index in [1.54, 1.807) is 12.1 Å². The van der Waals surface area contributed by atoms with Crippen molar-refractivity contribution in [2.45, 2.75) is 38.5 Å². The Morgan fingerprint density at radius 2 is 1.68 bits per heavy atom. The molecule has 2 heterocycles. The summed E-state index contributed by atoms with van der Waals surface area (Å²) >= 11 is 0. The van der Waals surface area contributed by atoms with Gasteiger partial charge in [0.1, 0.15) is 0 Å². The Balaban J connectivity index is 1.07. The van der Waals surface area contributed by atoms with Crippen LogP contribution < -0.4 is 5.32 Å². The predicted octanol–water partition coefficient (Wildman–Crippen LogP) is 2.37. The number of hydrogen-bond donors (Lipinski definition) is 1. The van der Waals surface area contributed by atoms with Crippen LogP contribution in [0.1, 0.15) is 49.1 Å². The first-order chi connectivity index (χ1) is 13.6. The molecule has 2 amide bonds. The number of carbonyl (C=O) groups excluding carboxylic acids is 2. The number of hydrogen-bond acceptors (Lipinski definition) is 4. The van der Waals surface area contributed by atoms with E-state index in [2.05, 4.69) is 10.2 Å². The molecule has 4 saturated carbocycles. The highest BCUT2D eigenvalue weighted by Gasteiger charge is 2.54. The van der Waals surface area contributed by atoms with Crippen LogP contribution in [-0.4, -0.2) is 60.9 Å². The van der Waals surface area contributed by atoms with E-state index in [-0.39, 0.29) is 11.3 Å². The second-order valence-electron chi connectivity index (χ2n) is 9.56. The highest BCUT2D eigenvalue weighted by Crippen LogP contribution is 2.60. The lowest BCUT2D eigenvalue weighted by molar-refractivity contribution is -0.146. The minimum Gasteiger partial charge on any atom is -0.459 e. The van der Waals surface area contributed by atoms with Crippen LogP contribution >= 0.6 is 0 Å². The van der Waals surface area contributed by atoms with Gasteiger partial charge in [-0.1, -0.05) is 0 Å². The van der Waals surface area contributed by atoms with E-state index in [1.165, 1.54) is 25.5 Å². The zero-order chi connectivity index (χ0) is 19.1. The van der Waals surface area contributed by atoms with Crippen LogP contribution in [0.4, 0.5) is 0 Å². The third kappa shape index (κ3) is 3.36. The van der Waals surface area contributed by atoms with E-state index in [4.69, 9.17) is 4.42 Å². The fourth-order valence-electron chi connectivity index (χ4n) is 6.63. The van der Waals surface area contributed by atoms with Crippen LogP contribution in [0.5, 0.6) is 0 Å². The molecular weight excluding hydrogens is 354 g/mol. The van der Waals surface area contributed by atoms with Crippen molar-refractivity contribution in [3.63, 3.8) is 0 Å². The molecule has 4 bridgehead atoms. The van der Waals surface area contributed by atoms with E-state index in [0.717, 1.165) is 56.7 Å². The molecule has 28 heavy (non-hydrogen) atoms. The van der Waals surface area contributed by atoms with Crippen LogP contribution in [0, 0.1) is 23.2 Å². The minimum absolute atomic E-state index is 0.0280. The van der Waals surface area contributed by atoms with Crippen molar-refractivity contribution in [2.75, 3.05) is 39.3 Å². The van der Waals surface area contributed by atoms with Crippen molar-refractivity contribution in [1.82, 2.24) is 15.1 Å². The fourth-order valence-corrected chi connectivity index (χ4v) is 6.63. The van der Waals surface area contributed by atoms with Gasteiger partial charge in [0.15, 0.2) is 5.76 Å². The molecule has 0 atom stereocenters. The Bertz CT molecular complexity index is 686. The average molecular weight is 386 g/mol. The molecule has 1 saturated heterocycles. The van der Waals surface area contributed by atoms with E-state index in [1.807, 2.05) is 4.90 Å². The van der Waals surface area contributed by atoms with Crippen LogP contribution in [0.3, 0.4) is 0 Å². The first-order valence-electron chi connectivity index (χ1n) is 10.9. The molecule has 6 nitrogen and oxygen atoms in total. The summed E-state index contributed by atoms with van der Waals surface area (Å²) in [6.45, 7) is 4.69. The van der Waals surface area contributed by atoms with Gasteiger partial charge in [0.05, 0.1) is 6.26 Å². The second kappa shape index (κ2) is 7.21. The lowest BCUT2D eigenvalue weighted by atomic mass is 9.49. The van der Waals surface area contributed by atoms with Gasteiger partial charge in [-0.25, -0.2) is 0 Å². The summed E-state index contributed by atoms with van der Waals surface area (Å²) in [7, 11) is 0. The summed E-state index contributed by atoms with van der Waals surface area (Å²) in [6, 6.07) is 3.46. The van der Waals surface area contributed by atoms with Crippen LogP contribution in [0.25, 0.3) is 0 Å². The number of nitrogens with zero attached hydrogens (tertiary/aromatic N) is 2. The molecule has 1 aromatic rings. The number of nitrogens with one attached hydrogen (secondary N) is 1. The summed E-state index contributed by atoms with van der Waals surface area (Å²) in [5, 5.41) is 3.27. The highest BCUT2D eigenvalue weighted by molar-refractivity contribution is 5.91. The molecular formula is C22H31N3O3. The van der Waals surface area contributed by atoms with E-state index in [9.17, 15) is 9.59 Å². The zero-order valence-electron chi connectivity index (χ0n) is 16.6. The Morgan fingerprint density at radius 1 is 1.04 bits per heavy atom. The number of piperazine rings is 1. The molecule has 1 aromatic heterocycles. The van der Waals surface area contributed by atoms with Gasteiger partial charge in [-0.15, -0.1) is 0 Å². The van der Waals surface area contributed by atoms with Gasteiger partial charge >= 0.3 is 0 Å². The number of furan rings is 1. The Kier molecular flexibility index (Phi) is 4.69. The SMILES string of the molecule is O=C(c1ccco1)N1CCN(CCNC(=O)C23CC4CC(CC(C4)C2)C3)CC1. The standard InChI is InChI=1S/C22H31N3O3/c26-20(19-2-1-9-28-19)25-7-5-24(6-8-25)4-3-23-21(27)22-13-16-10-17(14-22)12-18(11-16)15-22/h1-2,9,16-18H,3-8,10-15H2,(H,23,27). The van der Waals surface area contributed by atoms with Crippen molar-refractivity contribution in [1.29, 1.82) is 0 Å². The van der Waals surface area contributed by atoms with Crippen LogP contribution in [0.2, 0.25) is 0 Å². The Hall–Kier alpha value is -1.82. The molecule has 6 rings (SSSR count). The van der Waals surface area contributed by atoms with Crippen molar-refractivity contribution in [3.8, 4) is 0 Å². The average Bonchev–Trinajstić information content (AvgIpc) is 3.22. The lowest BCUT2D eigenvalue weighted by Crippen LogP contribution is -2.55. The molecule has 5 aliphatic rings. The van der Waals surface area contributed by atoms with E-state index < -0.39 is 0 Å². The Labute approximate surface area is 166 Å². The van der Waals surface area contributed by atoms with Crippen molar-refractivity contribution >= 4 is 11.8 Å². The van der Waals surface area contributed by atoms with Gasteiger partial charge in [-0.05, 0) is 68.4 Å². The van der Waals surface area contributed by atoms with Crippen molar-refractivity contribution in [3.05, 3.63) is 24.2 Å². The maximum absolute atomic E-state index is 13.0. The number of rotatable bonds is 5. The predicted molar refractivity (Wildman–Crippen MR) is 105 cm³/mol. The van der Waals surface area contributed by atoms with Crippen LogP contribution in [-0.2, 0) is 4.79 Å². The monoisotopic (exact) mass is 385 g/mol. The van der Waals surface area contributed by atoms with E-state index >= 15 is 0 Å². The molecule has 1 N–H and O–H groups in total. The van der Waals surface area contributed by atoms with E-state index in [0.29, 0.717) is 31.3 Å². The van der Waals surface area contributed by atoms with Crippen LogP contribution in [0.15, 0.2) is 22.8 Å². The van der Waals surface area contributed by atoms with Gasteiger partial charge < -0.3 is 14.6 Å². The maximum Gasteiger partial charge on any atom is 0.289 e. The molecule has 152 valence electrons. The summed E-state index contributed by atoms with van der Waals surface area (Å²) < 4.78 is 5.21. The fraction of sp³-hybridized carbons (Fsp3) is 0.727. The third-order valence-electron chi connectivity index (χ3n) is 7.62. The second-order valence-corrected chi connectivity index (χ2v) is 9.56. The normalized spacial score (nSPS) is 34.6. The quantitative estimate of drug-likeness (QED) is 0.845. The summed E-state index contributed by atoms with van der Waals surface area (Å²) in [4.78, 5) is 29.5. The zero-order valence-corrected chi connectivity index (χ0v) is 16.6. The molecule has 6 heteroatoms. The topological polar surface area (TPSA) is 65.8 Å². The molecule has 0 unspecified atom stereocenters. The van der Waals surface area contributed by atoms with Gasteiger partial charge in [0, 0.05) is 44.7 Å². The first kappa shape index (κ1) is 18.2. The van der Waals surface area contributed by atoms with Crippen molar-refractivity contribution in [2.24, 2.45) is 23.2 Å². The summed E-state index contributed by atoms with van der Waals surface area (Å²) in [5.41, 5.74) is -0.0527. The minimum atomic E-state index is -0.0527. The third-order valence-corrected chi connectivity index (χ3v) is 7.62. The highest BCUT2D eigenvalue weighted by atomic mass is 16.3. The molecule has 0 spiro atoms. The molecule has 0 radical (unpaired) electrons. The molecule has 5 fully saturated rings. The van der Waals surface area contributed by atoms with Crippen molar-refractivity contribution < 1.29 is 14.0 Å². The first-order valence-corrected chi connectivity index (χ1v) is 10.9. The molecule has 1 aliphatic heterocycles. The number of amides is 2. The smallest absolute Gasteiger partial charge is 0.289 e. The largest absolute Gasteiger partial charge is 0.459 e.